The molecule has 0 saturated heterocycles. The van der Waals surface area contributed by atoms with E-state index in [9.17, 15) is 9.59 Å². The Labute approximate surface area is 71.1 Å². The lowest BCUT2D eigenvalue weighted by molar-refractivity contribution is -0.121. The molecular formula is C7H14N2O3. The Morgan fingerprint density at radius 3 is 2.42 bits per heavy atom. The van der Waals surface area contributed by atoms with E-state index in [0.717, 1.165) is 0 Å². The summed E-state index contributed by atoms with van der Waals surface area (Å²) < 4.78 is 0. The lowest BCUT2D eigenvalue weighted by Gasteiger charge is -2.02. The minimum absolute atomic E-state index is 0.0636. The molecule has 0 bridgehead atoms. The van der Waals surface area contributed by atoms with Crippen molar-refractivity contribution in [1.82, 2.24) is 10.6 Å². The van der Waals surface area contributed by atoms with Crippen molar-refractivity contribution >= 4 is 11.8 Å². The lowest BCUT2D eigenvalue weighted by Crippen LogP contribution is -2.31. The van der Waals surface area contributed by atoms with Gasteiger partial charge in [-0.3, -0.25) is 9.59 Å². The lowest BCUT2D eigenvalue weighted by atomic mass is 10.4. The highest BCUT2D eigenvalue weighted by molar-refractivity contribution is 5.77. The summed E-state index contributed by atoms with van der Waals surface area (Å²) >= 11 is 0. The SMILES string of the molecule is CC(=O)NCCC(=O)NCCO. The van der Waals surface area contributed by atoms with Crippen molar-refractivity contribution in [2.75, 3.05) is 19.7 Å². The third-order valence-electron chi connectivity index (χ3n) is 1.16. The molecule has 0 aliphatic rings. The van der Waals surface area contributed by atoms with E-state index in [1.165, 1.54) is 6.92 Å². The number of aliphatic hydroxyl groups is 1. The fourth-order valence-corrected chi connectivity index (χ4v) is 0.636. The molecule has 0 spiro atoms. The molecule has 0 heterocycles. The largest absolute Gasteiger partial charge is 0.395 e. The van der Waals surface area contributed by atoms with Crippen LogP contribution in [-0.4, -0.2) is 36.6 Å². The van der Waals surface area contributed by atoms with Crippen LogP contribution in [-0.2, 0) is 9.59 Å². The zero-order chi connectivity index (χ0) is 9.40. The minimum Gasteiger partial charge on any atom is -0.395 e. The highest BCUT2D eigenvalue weighted by atomic mass is 16.3. The summed E-state index contributed by atoms with van der Waals surface area (Å²) in [6.07, 6.45) is 0.250. The molecule has 70 valence electrons. The summed E-state index contributed by atoms with van der Waals surface area (Å²) in [6.45, 7) is 1.93. The van der Waals surface area contributed by atoms with Crippen molar-refractivity contribution in [1.29, 1.82) is 0 Å². The van der Waals surface area contributed by atoms with Crippen LogP contribution in [0.2, 0.25) is 0 Å². The topological polar surface area (TPSA) is 78.4 Å². The molecule has 12 heavy (non-hydrogen) atoms. The Morgan fingerprint density at radius 2 is 1.92 bits per heavy atom. The van der Waals surface area contributed by atoms with E-state index in [0.29, 0.717) is 6.54 Å². The fourth-order valence-electron chi connectivity index (χ4n) is 0.636. The molecule has 0 rings (SSSR count). The van der Waals surface area contributed by atoms with E-state index in [-0.39, 0.29) is 31.4 Å². The molecule has 0 aliphatic heterocycles. The zero-order valence-corrected chi connectivity index (χ0v) is 7.09. The average Bonchev–Trinajstić information content (AvgIpc) is 2.00. The maximum absolute atomic E-state index is 10.8. The molecule has 0 aromatic carbocycles. The van der Waals surface area contributed by atoms with Crippen molar-refractivity contribution in [3.05, 3.63) is 0 Å². The molecule has 0 radical (unpaired) electrons. The van der Waals surface area contributed by atoms with Gasteiger partial charge >= 0.3 is 0 Å². The van der Waals surface area contributed by atoms with Crippen LogP contribution in [0, 0.1) is 0 Å². The molecule has 0 atom stereocenters. The summed E-state index contributed by atoms with van der Waals surface area (Å²) in [5, 5.41) is 13.3. The minimum atomic E-state index is -0.169. The zero-order valence-electron chi connectivity index (χ0n) is 7.09. The molecule has 3 N–H and O–H groups in total. The van der Waals surface area contributed by atoms with Gasteiger partial charge in [0.15, 0.2) is 0 Å². The number of rotatable bonds is 5. The van der Waals surface area contributed by atoms with Gasteiger partial charge in [-0.05, 0) is 0 Å². The second-order valence-corrected chi connectivity index (χ2v) is 2.31. The van der Waals surface area contributed by atoms with Gasteiger partial charge in [0, 0.05) is 26.4 Å². The normalized spacial score (nSPS) is 9.17. The maximum Gasteiger partial charge on any atom is 0.221 e. The first-order chi connectivity index (χ1) is 5.66. The predicted octanol–water partition coefficient (Wildman–Crippen LogP) is -1.38. The number of carbonyl (C=O) groups excluding carboxylic acids is 2. The quantitative estimate of drug-likeness (QED) is 0.480. The number of carbonyl (C=O) groups is 2. The second-order valence-electron chi connectivity index (χ2n) is 2.31. The van der Waals surface area contributed by atoms with Crippen molar-refractivity contribution in [3.63, 3.8) is 0 Å². The van der Waals surface area contributed by atoms with E-state index in [1.54, 1.807) is 0 Å². The van der Waals surface area contributed by atoms with Crippen molar-refractivity contribution in [2.24, 2.45) is 0 Å². The first-order valence-electron chi connectivity index (χ1n) is 3.79. The average molecular weight is 174 g/mol. The summed E-state index contributed by atoms with van der Waals surface area (Å²) in [6, 6.07) is 0. The summed E-state index contributed by atoms with van der Waals surface area (Å²) in [7, 11) is 0. The van der Waals surface area contributed by atoms with Crippen molar-refractivity contribution in [2.45, 2.75) is 13.3 Å². The van der Waals surface area contributed by atoms with E-state index in [2.05, 4.69) is 10.6 Å². The van der Waals surface area contributed by atoms with Gasteiger partial charge < -0.3 is 15.7 Å². The standard InChI is InChI=1S/C7H14N2O3/c1-6(11)8-3-2-7(12)9-4-5-10/h10H,2-5H2,1H3,(H,8,11)(H,9,12). The molecule has 0 unspecified atom stereocenters. The summed E-state index contributed by atoms with van der Waals surface area (Å²) in [5.41, 5.74) is 0. The van der Waals surface area contributed by atoms with Gasteiger partial charge in [-0.25, -0.2) is 0 Å². The van der Waals surface area contributed by atoms with Gasteiger partial charge in [-0.2, -0.15) is 0 Å². The molecule has 2 amide bonds. The van der Waals surface area contributed by atoms with Gasteiger partial charge in [0.05, 0.1) is 6.61 Å². The Bertz CT molecular complexity index is 159. The number of amides is 2. The molecule has 0 aliphatic carbocycles. The summed E-state index contributed by atoms with van der Waals surface area (Å²) in [4.78, 5) is 21.2. The van der Waals surface area contributed by atoms with Gasteiger partial charge in [0.25, 0.3) is 0 Å². The maximum atomic E-state index is 10.8. The molecule has 5 nitrogen and oxygen atoms in total. The molecule has 0 fully saturated rings. The molecule has 0 aromatic heterocycles. The second kappa shape index (κ2) is 6.60. The highest BCUT2D eigenvalue weighted by Gasteiger charge is 1.99. The Balaban J connectivity index is 3.25. The first-order valence-corrected chi connectivity index (χ1v) is 3.79. The van der Waals surface area contributed by atoms with Crippen molar-refractivity contribution in [3.8, 4) is 0 Å². The Hall–Kier alpha value is -1.10. The number of hydrogen-bond donors (Lipinski definition) is 3. The molecular weight excluding hydrogens is 160 g/mol. The number of hydrogen-bond acceptors (Lipinski definition) is 3. The first kappa shape index (κ1) is 10.9. The Kier molecular flexibility index (Phi) is 6.00. The van der Waals surface area contributed by atoms with Crippen LogP contribution in [0.4, 0.5) is 0 Å². The van der Waals surface area contributed by atoms with E-state index in [1.807, 2.05) is 0 Å². The molecule has 0 saturated carbocycles. The molecule has 0 aromatic rings. The van der Waals surface area contributed by atoms with Gasteiger partial charge in [0.1, 0.15) is 0 Å². The van der Waals surface area contributed by atoms with Crippen LogP contribution in [0.3, 0.4) is 0 Å². The smallest absolute Gasteiger partial charge is 0.221 e. The summed E-state index contributed by atoms with van der Waals surface area (Å²) in [5.74, 6) is -0.317. The molecule has 5 heteroatoms. The van der Waals surface area contributed by atoms with Crippen LogP contribution in [0.15, 0.2) is 0 Å². The third-order valence-corrected chi connectivity index (χ3v) is 1.16. The predicted molar refractivity (Wildman–Crippen MR) is 43.4 cm³/mol. The fraction of sp³-hybridized carbons (Fsp3) is 0.714. The van der Waals surface area contributed by atoms with Crippen LogP contribution in [0.5, 0.6) is 0 Å². The van der Waals surface area contributed by atoms with Crippen LogP contribution >= 0.6 is 0 Å². The number of nitrogens with one attached hydrogen (secondary N) is 2. The van der Waals surface area contributed by atoms with E-state index < -0.39 is 0 Å². The third kappa shape index (κ3) is 7.01. The Morgan fingerprint density at radius 1 is 1.25 bits per heavy atom. The van der Waals surface area contributed by atoms with Gasteiger partial charge in [0.2, 0.25) is 11.8 Å². The monoisotopic (exact) mass is 174 g/mol. The van der Waals surface area contributed by atoms with Gasteiger partial charge in [-0.1, -0.05) is 0 Å². The van der Waals surface area contributed by atoms with E-state index in [4.69, 9.17) is 5.11 Å². The van der Waals surface area contributed by atoms with Gasteiger partial charge in [-0.15, -0.1) is 0 Å². The van der Waals surface area contributed by atoms with E-state index >= 15 is 0 Å². The highest BCUT2D eigenvalue weighted by Crippen LogP contribution is 1.76. The van der Waals surface area contributed by atoms with Crippen LogP contribution in [0.25, 0.3) is 0 Å². The van der Waals surface area contributed by atoms with Crippen molar-refractivity contribution < 1.29 is 14.7 Å². The number of aliphatic hydroxyl groups excluding tert-OH is 1. The van der Waals surface area contributed by atoms with Crippen LogP contribution in [0.1, 0.15) is 13.3 Å². The van der Waals surface area contributed by atoms with Crippen LogP contribution < -0.4 is 10.6 Å².